The molecule has 2 atom stereocenters. The van der Waals surface area contributed by atoms with Gasteiger partial charge in [-0.1, -0.05) is 0 Å². The van der Waals surface area contributed by atoms with Crippen LogP contribution in [0.3, 0.4) is 0 Å². The van der Waals surface area contributed by atoms with Gasteiger partial charge in [0, 0.05) is 24.4 Å². The summed E-state index contributed by atoms with van der Waals surface area (Å²) in [7, 11) is -1.21. The van der Waals surface area contributed by atoms with E-state index in [0.29, 0.717) is 19.8 Å². The summed E-state index contributed by atoms with van der Waals surface area (Å²) in [4.78, 5) is 0. The quantitative estimate of drug-likeness (QED) is 0.435. The van der Waals surface area contributed by atoms with Gasteiger partial charge in [-0.3, -0.25) is 0 Å². The van der Waals surface area contributed by atoms with Crippen LogP contribution in [-0.2, 0) is 4.74 Å². The molecule has 0 aromatic carbocycles. The van der Waals surface area contributed by atoms with Gasteiger partial charge in [0.15, 0.2) is 0 Å². The zero-order valence-corrected chi connectivity index (χ0v) is 6.99. The summed E-state index contributed by atoms with van der Waals surface area (Å²) in [5, 5.41) is 21.4. The summed E-state index contributed by atoms with van der Waals surface area (Å²) in [6.45, 7) is 2.86. The maximum absolute atomic E-state index is 9.30. The summed E-state index contributed by atoms with van der Waals surface area (Å²) in [6, 6.07) is 0. The molecule has 68 valence electrons. The molecule has 2 fully saturated rings. The van der Waals surface area contributed by atoms with Crippen LogP contribution in [0, 0.1) is 5.92 Å². The first-order valence-corrected chi connectivity index (χ1v) is 4.40. The van der Waals surface area contributed by atoms with Crippen molar-refractivity contribution in [3.63, 3.8) is 0 Å². The van der Waals surface area contributed by atoms with E-state index in [1.165, 1.54) is 0 Å². The molecule has 0 aromatic heterocycles. The average molecular weight is 171 g/mol. The van der Waals surface area contributed by atoms with E-state index in [-0.39, 0.29) is 11.2 Å². The van der Waals surface area contributed by atoms with Crippen molar-refractivity contribution in [1.82, 2.24) is 5.32 Å². The molecule has 12 heavy (non-hydrogen) atoms. The van der Waals surface area contributed by atoms with E-state index in [9.17, 15) is 10.0 Å². The van der Waals surface area contributed by atoms with Gasteiger partial charge >= 0.3 is 7.12 Å². The summed E-state index contributed by atoms with van der Waals surface area (Å²) in [6.07, 6.45) is 0.752. The molecule has 2 unspecified atom stereocenters. The monoisotopic (exact) mass is 171 g/mol. The van der Waals surface area contributed by atoms with Crippen LogP contribution in [0.1, 0.15) is 6.42 Å². The highest BCUT2D eigenvalue weighted by Crippen LogP contribution is 2.46. The average Bonchev–Trinajstić information content (AvgIpc) is 2.48. The molecule has 0 amide bonds. The third-order valence-corrected chi connectivity index (χ3v) is 3.20. The minimum absolute atomic E-state index is 0.270. The number of nitrogens with one attached hydrogen (secondary N) is 1. The number of ether oxygens (including phenoxy) is 1. The lowest BCUT2D eigenvalue weighted by molar-refractivity contribution is 0.0328. The fourth-order valence-corrected chi connectivity index (χ4v) is 2.26. The van der Waals surface area contributed by atoms with E-state index in [1.807, 2.05) is 0 Å². The summed E-state index contributed by atoms with van der Waals surface area (Å²) >= 11 is 0. The highest BCUT2D eigenvalue weighted by Gasteiger charge is 2.52. The third kappa shape index (κ3) is 1.09. The van der Waals surface area contributed by atoms with Crippen molar-refractivity contribution in [2.75, 3.05) is 26.3 Å². The first-order chi connectivity index (χ1) is 5.76. The smallest absolute Gasteiger partial charge is 0.427 e. The van der Waals surface area contributed by atoms with Gasteiger partial charge in [-0.2, -0.15) is 0 Å². The maximum Gasteiger partial charge on any atom is 0.459 e. The Labute approximate surface area is 72.1 Å². The predicted octanol–water partition coefficient (Wildman–Crippen LogP) is -1.16. The van der Waals surface area contributed by atoms with Crippen LogP contribution >= 0.6 is 0 Å². The highest BCUT2D eigenvalue weighted by atomic mass is 16.5. The molecular weight excluding hydrogens is 157 g/mol. The van der Waals surface area contributed by atoms with Crippen LogP contribution in [0.5, 0.6) is 0 Å². The minimum Gasteiger partial charge on any atom is -0.427 e. The molecule has 0 aliphatic carbocycles. The Bertz CT molecular complexity index is 178. The van der Waals surface area contributed by atoms with Gasteiger partial charge in [0.25, 0.3) is 0 Å². The van der Waals surface area contributed by atoms with E-state index in [2.05, 4.69) is 5.32 Å². The summed E-state index contributed by atoms with van der Waals surface area (Å²) in [5.41, 5.74) is 0. The normalized spacial score (nSPS) is 41.0. The van der Waals surface area contributed by atoms with Crippen molar-refractivity contribution in [2.45, 2.75) is 11.7 Å². The topological polar surface area (TPSA) is 61.7 Å². The van der Waals surface area contributed by atoms with E-state index in [4.69, 9.17) is 4.74 Å². The molecule has 5 heteroatoms. The lowest BCUT2D eigenvalue weighted by Crippen LogP contribution is -2.44. The fraction of sp³-hybridized carbons (Fsp3) is 1.00. The summed E-state index contributed by atoms with van der Waals surface area (Å²) in [5.74, 6) is 0.270. The molecule has 2 heterocycles. The van der Waals surface area contributed by atoms with Crippen molar-refractivity contribution in [3.05, 3.63) is 0 Å². The standard InChI is InChI=1S/C7H14BNO3/c10-8(11)7-1-2-12-4-6(7)3-9-5-7/h6,9-11H,1-5H2. The first-order valence-electron chi connectivity index (χ1n) is 4.40. The zero-order valence-electron chi connectivity index (χ0n) is 6.99. The second-order valence-electron chi connectivity index (χ2n) is 3.76. The molecule has 0 radical (unpaired) electrons. The largest absolute Gasteiger partial charge is 0.459 e. The van der Waals surface area contributed by atoms with Crippen LogP contribution in [0.4, 0.5) is 0 Å². The second kappa shape index (κ2) is 2.99. The van der Waals surface area contributed by atoms with E-state index in [1.54, 1.807) is 0 Å². The lowest BCUT2D eigenvalue weighted by atomic mass is 9.51. The molecule has 0 aromatic rings. The minimum atomic E-state index is -1.21. The van der Waals surface area contributed by atoms with Crippen LogP contribution < -0.4 is 5.32 Å². The molecule has 4 nitrogen and oxygen atoms in total. The Morgan fingerprint density at radius 2 is 2.33 bits per heavy atom. The van der Waals surface area contributed by atoms with Gasteiger partial charge < -0.3 is 20.1 Å². The van der Waals surface area contributed by atoms with Crippen LogP contribution in [0.15, 0.2) is 0 Å². The molecule has 3 N–H and O–H groups in total. The zero-order chi connectivity index (χ0) is 8.60. The van der Waals surface area contributed by atoms with Gasteiger partial charge in [0.05, 0.1) is 6.61 Å². The van der Waals surface area contributed by atoms with Crippen LogP contribution in [-0.4, -0.2) is 43.5 Å². The Balaban J connectivity index is 2.17. The molecule has 2 saturated heterocycles. The maximum atomic E-state index is 9.30. The van der Waals surface area contributed by atoms with Crippen LogP contribution in [0.2, 0.25) is 5.31 Å². The molecule has 0 saturated carbocycles. The lowest BCUT2D eigenvalue weighted by Gasteiger charge is -2.37. The fourth-order valence-electron chi connectivity index (χ4n) is 2.26. The first kappa shape index (κ1) is 8.50. The van der Waals surface area contributed by atoms with Crippen molar-refractivity contribution in [2.24, 2.45) is 5.92 Å². The highest BCUT2D eigenvalue weighted by molar-refractivity contribution is 6.46. The van der Waals surface area contributed by atoms with Crippen molar-refractivity contribution in [3.8, 4) is 0 Å². The number of hydrogen-bond acceptors (Lipinski definition) is 4. The van der Waals surface area contributed by atoms with Gasteiger partial charge in [0.2, 0.25) is 0 Å². The van der Waals surface area contributed by atoms with Crippen molar-refractivity contribution in [1.29, 1.82) is 0 Å². The SMILES string of the molecule is OB(O)C12CCOCC1CNC2. The van der Waals surface area contributed by atoms with Gasteiger partial charge in [-0.15, -0.1) is 0 Å². The van der Waals surface area contributed by atoms with Crippen LogP contribution in [0.25, 0.3) is 0 Å². The van der Waals surface area contributed by atoms with Crippen molar-refractivity contribution >= 4 is 7.12 Å². The molecular formula is C7H14BNO3. The summed E-state index contributed by atoms with van der Waals surface area (Å²) < 4.78 is 5.30. The van der Waals surface area contributed by atoms with Crippen molar-refractivity contribution < 1.29 is 14.8 Å². The second-order valence-corrected chi connectivity index (χ2v) is 3.76. The Morgan fingerprint density at radius 3 is 3.00 bits per heavy atom. The predicted molar refractivity (Wildman–Crippen MR) is 44.7 cm³/mol. The number of hydrogen-bond donors (Lipinski definition) is 3. The van der Waals surface area contributed by atoms with E-state index >= 15 is 0 Å². The molecule has 2 aliphatic heterocycles. The molecule has 0 spiro atoms. The van der Waals surface area contributed by atoms with Gasteiger partial charge in [-0.05, 0) is 13.0 Å². The van der Waals surface area contributed by atoms with E-state index < -0.39 is 7.12 Å². The molecule has 2 rings (SSSR count). The van der Waals surface area contributed by atoms with Gasteiger partial charge in [-0.25, -0.2) is 0 Å². The Kier molecular flexibility index (Phi) is 2.12. The Morgan fingerprint density at radius 1 is 1.50 bits per heavy atom. The molecule has 2 aliphatic rings. The van der Waals surface area contributed by atoms with Gasteiger partial charge in [0.1, 0.15) is 0 Å². The third-order valence-electron chi connectivity index (χ3n) is 3.20. The van der Waals surface area contributed by atoms with E-state index in [0.717, 1.165) is 13.0 Å². The number of fused-ring (bicyclic) bond motifs is 1. The molecule has 0 bridgehead atoms. The Hall–Kier alpha value is -0.0951. The number of rotatable bonds is 1.